The summed E-state index contributed by atoms with van der Waals surface area (Å²) >= 11 is 7.10. The van der Waals surface area contributed by atoms with Crippen molar-refractivity contribution in [3.8, 4) is 0 Å². The molecule has 1 aromatic heterocycles. The lowest BCUT2D eigenvalue weighted by molar-refractivity contribution is 0.101. The van der Waals surface area contributed by atoms with Crippen molar-refractivity contribution in [2.75, 3.05) is 23.9 Å². The zero-order valence-corrected chi connectivity index (χ0v) is 12.3. The Morgan fingerprint density at radius 1 is 1.56 bits per heavy atom. The highest BCUT2D eigenvalue weighted by atomic mass is 35.5. The van der Waals surface area contributed by atoms with E-state index in [1.54, 1.807) is 11.3 Å². The van der Waals surface area contributed by atoms with E-state index in [4.69, 9.17) is 11.6 Å². The molecule has 1 atom stereocenters. The highest BCUT2D eigenvalue weighted by Gasteiger charge is 2.19. The maximum absolute atomic E-state index is 11.5. The number of anilines is 1. The van der Waals surface area contributed by atoms with Gasteiger partial charge < -0.3 is 4.90 Å². The lowest BCUT2D eigenvalue weighted by Crippen LogP contribution is -2.24. The number of thiazole rings is 1. The summed E-state index contributed by atoms with van der Waals surface area (Å²) in [5.74, 6) is 0.778. The van der Waals surface area contributed by atoms with Gasteiger partial charge in [0.15, 0.2) is 10.9 Å². The minimum Gasteiger partial charge on any atom is -0.348 e. The van der Waals surface area contributed by atoms with Gasteiger partial charge in [-0.25, -0.2) is 4.98 Å². The summed E-state index contributed by atoms with van der Waals surface area (Å²) in [6.45, 7) is 4.38. The van der Waals surface area contributed by atoms with Crippen LogP contribution >= 0.6 is 22.9 Å². The lowest BCUT2D eigenvalue weighted by Gasteiger charge is -2.19. The Bertz CT molecular complexity index is 407. The van der Waals surface area contributed by atoms with E-state index in [2.05, 4.69) is 16.8 Å². The Kier molecular flexibility index (Phi) is 5.01. The largest absolute Gasteiger partial charge is 0.348 e. The van der Waals surface area contributed by atoms with Crippen LogP contribution in [0.15, 0.2) is 5.38 Å². The normalized spacial score (nSPS) is 20.8. The third kappa shape index (κ3) is 3.23. The van der Waals surface area contributed by atoms with Gasteiger partial charge in [0.1, 0.15) is 5.69 Å². The van der Waals surface area contributed by atoms with E-state index in [1.165, 1.54) is 25.7 Å². The maximum atomic E-state index is 11.5. The van der Waals surface area contributed by atoms with Gasteiger partial charge >= 0.3 is 0 Å². The molecule has 2 heterocycles. The number of aromatic nitrogens is 1. The molecule has 1 aliphatic rings. The maximum Gasteiger partial charge on any atom is 0.196 e. The number of hydrogen-bond acceptors (Lipinski definition) is 4. The summed E-state index contributed by atoms with van der Waals surface area (Å²) < 4.78 is 0. The molecule has 0 spiro atoms. The summed E-state index contributed by atoms with van der Waals surface area (Å²) in [6.07, 6.45) is 5.03. The summed E-state index contributed by atoms with van der Waals surface area (Å²) in [7, 11) is 0. The zero-order chi connectivity index (χ0) is 13.0. The van der Waals surface area contributed by atoms with E-state index in [1.807, 2.05) is 5.38 Å². The van der Waals surface area contributed by atoms with Gasteiger partial charge in [-0.2, -0.15) is 0 Å². The van der Waals surface area contributed by atoms with Gasteiger partial charge in [0.05, 0.1) is 5.88 Å². The molecule has 3 nitrogen and oxygen atoms in total. The number of alkyl halides is 1. The minimum atomic E-state index is -0.0829. The minimum absolute atomic E-state index is 0.0150. The molecule has 1 saturated heterocycles. The molecule has 0 saturated carbocycles. The molecule has 0 aromatic carbocycles. The second kappa shape index (κ2) is 6.53. The van der Waals surface area contributed by atoms with E-state index in [9.17, 15) is 4.79 Å². The van der Waals surface area contributed by atoms with Gasteiger partial charge in [0.25, 0.3) is 0 Å². The van der Waals surface area contributed by atoms with Crippen LogP contribution < -0.4 is 4.90 Å². The van der Waals surface area contributed by atoms with E-state index >= 15 is 0 Å². The van der Waals surface area contributed by atoms with Gasteiger partial charge in [-0.05, 0) is 25.2 Å². The summed E-state index contributed by atoms with van der Waals surface area (Å²) in [6, 6.07) is 0. The monoisotopic (exact) mass is 286 g/mol. The fourth-order valence-corrected chi connectivity index (χ4v) is 3.39. The molecule has 1 aliphatic heterocycles. The van der Waals surface area contributed by atoms with Crippen molar-refractivity contribution in [1.29, 1.82) is 0 Å². The van der Waals surface area contributed by atoms with Crippen LogP contribution in [0, 0.1) is 5.92 Å². The molecule has 0 bridgehead atoms. The van der Waals surface area contributed by atoms with Crippen molar-refractivity contribution < 1.29 is 4.79 Å². The molecule has 1 aromatic rings. The fraction of sp³-hybridized carbons (Fsp3) is 0.692. The first-order valence-corrected chi connectivity index (χ1v) is 7.95. The Morgan fingerprint density at radius 2 is 2.39 bits per heavy atom. The fourth-order valence-electron chi connectivity index (χ4n) is 2.37. The smallest absolute Gasteiger partial charge is 0.196 e. The van der Waals surface area contributed by atoms with E-state index in [0.717, 1.165) is 24.1 Å². The van der Waals surface area contributed by atoms with Crippen LogP contribution in [0.2, 0.25) is 0 Å². The van der Waals surface area contributed by atoms with Gasteiger partial charge in [-0.1, -0.05) is 13.3 Å². The summed E-state index contributed by atoms with van der Waals surface area (Å²) in [5, 5.41) is 2.79. The number of rotatable bonds is 4. The van der Waals surface area contributed by atoms with E-state index in [-0.39, 0.29) is 11.7 Å². The highest BCUT2D eigenvalue weighted by Crippen LogP contribution is 2.27. The predicted octanol–water partition coefficient (Wildman–Crippen LogP) is 3.58. The van der Waals surface area contributed by atoms with Crippen LogP contribution in [0.25, 0.3) is 0 Å². The van der Waals surface area contributed by atoms with Crippen LogP contribution in [-0.4, -0.2) is 29.7 Å². The number of hydrogen-bond donors (Lipinski definition) is 0. The van der Waals surface area contributed by atoms with Crippen LogP contribution in [0.1, 0.15) is 43.1 Å². The van der Waals surface area contributed by atoms with Crippen LogP contribution in [0.4, 0.5) is 5.13 Å². The Balaban J connectivity index is 2.02. The quantitative estimate of drug-likeness (QED) is 0.626. The molecular weight excluding hydrogens is 268 g/mol. The average Bonchev–Trinajstić information content (AvgIpc) is 2.76. The zero-order valence-electron chi connectivity index (χ0n) is 10.7. The summed E-state index contributed by atoms with van der Waals surface area (Å²) in [4.78, 5) is 18.2. The second-order valence-corrected chi connectivity index (χ2v) is 5.87. The molecular formula is C13H19ClN2OS. The number of carbonyl (C=O) groups is 1. The lowest BCUT2D eigenvalue weighted by atomic mass is 9.98. The highest BCUT2D eigenvalue weighted by molar-refractivity contribution is 7.14. The molecule has 5 heteroatoms. The molecule has 100 valence electrons. The summed E-state index contributed by atoms with van der Waals surface area (Å²) in [5.41, 5.74) is 0.515. The average molecular weight is 287 g/mol. The van der Waals surface area contributed by atoms with Crippen molar-refractivity contribution in [3.63, 3.8) is 0 Å². The van der Waals surface area contributed by atoms with E-state index in [0.29, 0.717) is 5.69 Å². The van der Waals surface area contributed by atoms with Crippen LogP contribution in [0.3, 0.4) is 0 Å². The number of nitrogens with zero attached hydrogens (tertiary/aromatic N) is 2. The SMILES string of the molecule is CCC1CCCN(c2nc(C(=O)CCl)cs2)CC1. The van der Waals surface area contributed by atoms with Crippen molar-refractivity contribution in [1.82, 2.24) is 4.98 Å². The Labute approximate surface area is 117 Å². The molecule has 0 aliphatic carbocycles. The first kappa shape index (κ1) is 13.8. The Hall–Kier alpha value is -0.610. The van der Waals surface area contributed by atoms with Crippen LogP contribution in [-0.2, 0) is 0 Å². The molecule has 0 N–H and O–H groups in total. The molecule has 1 unspecified atom stereocenters. The molecule has 18 heavy (non-hydrogen) atoms. The van der Waals surface area contributed by atoms with Gasteiger partial charge in [-0.3, -0.25) is 4.79 Å². The topological polar surface area (TPSA) is 33.2 Å². The first-order chi connectivity index (χ1) is 8.74. The molecule has 0 radical (unpaired) electrons. The third-order valence-corrected chi connectivity index (χ3v) is 4.74. The van der Waals surface area contributed by atoms with Crippen molar-refractivity contribution >= 4 is 33.9 Å². The molecule has 1 fully saturated rings. The third-order valence-electron chi connectivity index (χ3n) is 3.59. The van der Waals surface area contributed by atoms with Gasteiger partial charge in [0, 0.05) is 18.5 Å². The molecule has 0 amide bonds. The predicted molar refractivity (Wildman–Crippen MR) is 77.0 cm³/mol. The van der Waals surface area contributed by atoms with E-state index < -0.39 is 0 Å². The Morgan fingerprint density at radius 3 is 3.11 bits per heavy atom. The number of halogens is 1. The van der Waals surface area contributed by atoms with Crippen LogP contribution in [0.5, 0.6) is 0 Å². The first-order valence-electron chi connectivity index (χ1n) is 6.54. The van der Waals surface area contributed by atoms with Crippen molar-refractivity contribution in [2.24, 2.45) is 5.92 Å². The number of carbonyl (C=O) groups excluding carboxylic acids is 1. The number of Topliss-reactive ketones (excluding diaryl/α,β-unsaturated/α-hetero) is 1. The second-order valence-electron chi connectivity index (χ2n) is 4.76. The molecule has 2 rings (SSSR count). The van der Waals surface area contributed by atoms with Crippen molar-refractivity contribution in [2.45, 2.75) is 32.6 Å². The number of ketones is 1. The van der Waals surface area contributed by atoms with Gasteiger partial charge in [-0.15, -0.1) is 22.9 Å². The standard InChI is InChI=1S/C13H19ClN2OS/c1-2-10-4-3-6-16(7-5-10)13-15-11(9-18-13)12(17)8-14/h9-10H,2-8H2,1H3. The van der Waals surface area contributed by atoms with Crippen molar-refractivity contribution in [3.05, 3.63) is 11.1 Å². The van der Waals surface area contributed by atoms with Gasteiger partial charge in [0.2, 0.25) is 0 Å².